The van der Waals surface area contributed by atoms with Crippen molar-refractivity contribution in [3.63, 3.8) is 0 Å². The molecule has 0 spiro atoms. The average molecular weight is 289 g/mol. The van der Waals surface area contributed by atoms with Crippen LogP contribution in [-0.2, 0) is 0 Å². The minimum atomic E-state index is 0.669. The van der Waals surface area contributed by atoms with Crippen molar-refractivity contribution in [1.29, 1.82) is 0 Å². The Kier molecular flexibility index (Phi) is 4.77. The second kappa shape index (κ2) is 6.74. The van der Waals surface area contributed by atoms with E-state index in [4.69, 9.17) is 18.9 Å². The molecule has 0 unspecified atom stereocenters. The molecule has 2 rings (SSSR count). The van der Waals surface area contributed by atoms with Gasteiger partial charge in [0, 0.05) is 23.5 Å². The first-order valence-electron chi connectivity index (χ1n) is 6.43. The largest absolute Gasteiger partial charge is 0.493 e. The van der Waals surface area contributed by atoms with Gasteiger partial charge in [-0.25, -0.2) is 0 Å². The van der Waals surface area contributed by atoms with Crippen LogP contribution in [0.15, 0.2) is 36.4 Å². The van der Waals surface area contributed by atoms with Gasteiger partial charge in [-0.3, -0.25) is 0 Å². The third kappa shape index (κ3) is 3.31. The fraction of sp³-hybridized carbons (Fsp3) is 0.250. The molecule has 5 heteroatoms. The number of ether oxygens (including phenoxy) is 4. The summed E-state index contributed by atoms with van der Waals surface area (Å²) >= 11 is 0. The Bertz CT molecular complexity index is 560. The van der Waals surface area contributed by atoms with Crippen LogP contribution in [-0.4, -0.2) is 28.4 Å². The van der Waals surface area contributed by atoms with Crippen molar-refractivity contribution >= 4 is 11.4 Å². The van der Waals surface area contributed by atoms with E-state index in [1.807, 2.05) is 36.4 Å². The van der Waals surface area contributed by atoms with Crippen LogP contribution in [0.4, 0.5) is 11.4 Å². The van der Waals surface area contributed by atoms with Crippen molar-refractivity contribution in [2.75, 3.05) is 33.8 Å². The van der Waals surface area contributed by atoms with Crippen molar-refractivity contribution in [2.45, 2.75) is 0 Å². The van der Waals surface area contributed by atoms with E-state index in [-0.39, 0.29) is 0 Å². The highest BCUT2D eigenvalue weighted by atomic mass is 16.5. The quantitative estimate of drug-likeness (QED) is 0.882. The predicted octanol–water partition coefficient (Wildman–Crippen LogP) is 3.46. The standard InChI is InChI=1S/C16H19NO4/c1-18-13-7-5-11(9-15(13)20-3)17-12-6-8-14(19-2)16(10-12)21-4/h5-10,17H,1-4H3. The first-order chi connectivity index (χ1) is 10.2. The SMILES string of the molecule is COc1ccc(Nc2ccc(OC)c(OC)c2)cc1OC. The summed E-state index contributed by atoms with van der Waals surface area (Å²) in [5, 5.41) is 3.28. The summed E-state index contributed by atoms with van der Waals surface area (Å²) in [6, 6.07) is 11.3. The molecule has 0 radical (unpaired) electrons. The monoisotopic (exact) mass is 289 g/mol. The highest BCUT2D eigenvalue weighted by molar-refractivity contribution is 5.66. The van der Waals surface area contributed by atoms with Gasteiger partial charge in [-0.15, -0.1) is 0 Å². The molecule has 0 aliphatic heterocycles. The smallest absolute Gasteiger partial charge is 0.162 e. The normalized spacial score (nSPS) is 9.90. The maximum Gasteiger partial charge on any atom is 0.162 e. The zero-order valence-corrected chi connectivity index (χ0v) is 12.6. The van der Waals surface area contributed by atoms with E-state index in [1.165, 1.54) is 0 Å². The van der Waals surface area contributed by atoms with Crippen molar-refractivity contribution in [1.82, 2.24) is 0 Å². The number of hydrogen-bond acceptors (Lipinski definition) is 5. The van der Waals surface area contributed by atoms with Crippen molar-refractivity contribution < 1.29 is 18.9 Å². The second-order valence-electron chi connectivity index (χ2n) is 4.26. The molecule has 0 aromatic heterocycles. The van der Waals surface area contributed by atoms with Crippen molar-refractivity contribution in [3.8, 4) is 23.0 Å². The van der Waals surface area contributed by atoms with Gasteiger partial charge in [0.1, 0.15) is 0 Å². The van der Waals surface area contributed by atoms with E-state index in [0.717, 1.165) is 11.4 Å². The van der Waals surface area contributed by atoms with E-state index in [9.17, 15) is 0 Å². The molecule has 2 aromatic rings. The Hall–Kier alpha value is -2.56. The summed E-state index contributed by atoms with van der Waals surface area (Å²) in [6.07, 6.45) is 0. The lowest BCUT2D eigenvalue weighted by atomic mass is 10.2. The van der Waals surface area contributed by atoms with E-state index in [0.29, 0.717) is 23.0 Å². The molecule has 0 atom stereocenters. The highest BCUT2D eigenvalue weighted by Gasteiger charge is 2.07. The predicted molar refractivity (Wildman–Crippen MR) is 82.4 cm³/mol. The van der Waals surface area contributed by atoms with Crippen LogP contribution in [0.5, 0.6) is 23.0 Å². The van der Waals surface area contributed by atoms with Gasteiger partial charge in [0.2, 0.25) is 0 Å². The molecular formula is C16H19NO4. The number of anilines is 2. The lowest BCUT2D eigenvalue weighted by Gasteiger charge is -2.13. The summed E-state index contributed by atoms with van der Waals surface area (Å²) in [5.74, 6) is 2.72. The maximum atomic E-state index is 5.29. The molecule has 112 valence electrons. The van der Waals surface area contributed by atoms with Crippen LogP contribution >= 0.6 is 0 Å². The van der Waals surface area contributed by atoms with Crippen LogP contribution in [0.1, 0.15) is 0 Å². The molecule has 0 aliphatic rings. The number of benzene rings is 2. The van der Waals surface area contributed by atoms with Crippen molar-refractivity contribution in [2.24, 2.45) is 0 Å². The molecule has 0 bridgehead atoms. The molecule has 0 fully saturated rings. The Morgan fingerprint density at radius 2 is 0.952 bits per heavy atom. The highest BCUT2D eigenvalue weighted by Crippen LogP contribution is 2.34. The molecular weight excluding hydrogens is 270 g/mol. The number of nitrogens with one attached hydrogen (secondary N) is 1. The van der Waals surface area contributed by atoms with E-state index in [2.05, 4.69) is 5.32 Å². The summed E-state index contributed by atoms with van der Waals surface area (Å²) in [7, 11) is 6.44. The number of methoxy groups -OCH3 is 4. The zero-order valence-electron chi connectivity index (χ0n) is 12.6. The lowest BCUT2D eigenvalue weighted by molar-refractivity contribution is 0.355. The van der Waals surface area contributed by atoms with Gasteiger partial charge in [-0.2, -0.15) is 0 Å². The fourth-order valence-corrected chi connectivity index (χ4v) is 1.99. The summed E-state index contributed by atoms with van der Waals surface area (Å²) in [5.41, 5.74) is 1.78. The first kappa shape index (κ1) is 14.8. The van der Waals surface area contributed by atoms with Crippen LogP contribution in [0.3, 0.4) is 0 Å². The molecule has 0 amide bonds. The lowest BCUT2D eigenvalue weighted by Crippen LogP contribution is -1.96. The maximum absolute atomic E-state index is 5.29. The van der Waals surface area contributed by atoms with Gasteiger partial charge in [-0.1, -0.05) is 0 Å². The first-order valence-corrected chi connectivity index (χ1v) is 6.43. The van der Waals surface area contributed by atoms with Gasteiger partial charge in [0.05, 0.1) is 28.4 Å². The molecule has 2 aromatic carbocycles. The Morgan fingerprint density at radius 1 is 0.571 bits per heavy atom. The molecule has 0 saturated carbocycles. The number of rotatable bonds is 6. The second-order valence-corrected chi connectivity index (χ2v) is 4.26. The average Bonchev–Trinajstić information content (AvgIpc) is 2.54. The Labute approximate surface area is 124 Å². The third-order valence-corrected chi connectivity index (χ3v) is 3.06. The van der Waals surface area contributed by atoms with Gasteiger partial charge >= 0.3 is 0 Å². The van der Waals surface area contributed by atoms with E-state index >= 15 is 0 Å². The van der Waals surface area contributed by atoms with Crippen molar-refractivity contribution in [3.05, 3.63) is 36.4 Å². The zero-order chi connectivity index (χ0) is 15.2. The van der Waals surface area contributed by atoms with E-state index in [1.54, 1.807) is 28.4 Å². The minimum Gasteiger partial charge on any atom is -0.493 e. The molecule has 5 nitrogen and oxygen atoms in total. The molecule has 0 aliphatic carbocycles. The van der Waals surface area contributed by atoms with Gasteiger partial charge in [0.15, 0.2) is 23.0 Å². The third-order valence-electron chi connectivity index (χ3n) is 3.06. The van der Waals surface area contributed by atoms with Gasteiger partial charge in [-0.05, 0) is 24.3 Å². The van der Waals surface area contributed by atoms with E-state index < -0.39 is 0 Å². The van der Waals surface area contributed by atoms with Gasteiger partial charge in [0.25, 0.3) is 0 Å². The summed E-state index contributed by atoms with van der Waals surface area (Å²) < 4.78 is 21.0. The van der Waals surface area contributed by atoms with Crippen LogP contribution < -0.4 is 24.3 Å². The Morgan fingerprint density at radius 3 is 1.29 bits per heavy atom. The molecule has 0 saturated heterocycles. The number of hydrogen-bond donors (Lipinski definition) is 1. The topological polar surface area (TPSA) is 49.0 Å². The Balaban J connectivity index is 2.25. The van der Waals surface area contributed by atoms with Crippen LogP contribution in [0, 0.1) is 0 Å². The minimum absolute atomic E-state index is 0.669. The van der Waals surface area contributed by atoms with Crippen LogP contribution in [0.25, 0.3) is 0 Å². The molecule has 21 heavy (non-hydrogen) atoms. The summed E-state index contributed by atoms with van der Waals surface area (Å²) in [6.45, 7) is 0. The molecule has 0 heterocycles. The van der Waals surface area contributed by atoms with Gasteiger partial charge < -0.3 is 24.3 Å². The fourth-order valence-electron chi connectivity index (χ4n) is 1.99. The molecule has 1 N–H and O–H groups in total. The van der Waals surface area contributed by atoms with Crippen LogP contribution in [0.2, 0.25) is 0 Å². The summed E-state index contributed by atoms with van der Waals surface area (Å²) in [4.78, 5) is 0.